The van der Waals surface area contributed by atoms with Crippen LogP contribution in [-0.4, -0.2) is 32.2 Å². The van der Waals surface area contributed by atoms with Gasteiger partial charge in [0, 0.05) is 11.8 Å². The Kier molecular flexibility index (Phi) is 7.26. The summed E-state index contributed by atoms with van der Waals surface area (Å²) in [4.78, 5) is 0. The third-order valence-electron chi connectivity index (χ3n) is 7.10. The van der Waals surface area contributed by atoms with E-state index >= 15 is 0 Å². The highest BCUT2D eigenvalue weighted by Gasteiger charge is 2.33. The van der Waals surface area contributed by atoms with Crippen molar-refractivity contribution in [2.75, 3.05) is 19.8 Å². The van der Waals surface area contributed by atoms with Gasteiger partial charge in [-0.15, -0.1) is 13.2 Å². The van der Waals surface area contributed by atoms with Crippen LogP contribution in [-0.2, 0) is 27.7 Å². The normalized spacial score (nSPS) is 20.0. The molecule has 3 atom stereocenters. The summed E-state index contributed by atoms with van der Waals surface area (Å²) in [7, 11) is 0. The zero-order chi connectivity index (χ0) is 25.0. The van der Waals surface area contributed by atoms with Crippen LogP contribution in [0.4, 0.5) is 0 Å². The van der Waals surface area contributed by atoms with Crippen LogP contribution < -0.4 is 9.47 Å². The Labute approximate surface area is 214 Å². The maximum absolute atomic E-state index is 6.12. The lowest BCUT2D eigenvalue weighted by Gasteiger charge is -2.34. The first-order valence-electron chi connectivity index (χ1n) is 12.7. The van der Waals surface area contributed by atoms with Crippen LogP contribution in [0.2, 0.25) is 0 Å². The molecule has 4 nitrogen and oxygen atoms in total. The van der Waals surface area contributed by atoms with Crippen LogP contribution >= 0.6 is 0 Å². The first kappa shape index (κ1) is 24.4. The molecule has 4 heteroatoms. The molecule has 5 rings (SSSR count). The Bertz CT molecular complexity index is 1210. The van der Waals surface area contributed by atoms with Crippen LogP contribution in [0.15, 0.2) is 92.0 Å². The Morgan fingerprint density at radius 1 is 0.861 bits per heavy atom. The quantitative estimate of drug-likeness (QED) is 0.170. The molecule has 3 aromatic rings. The summed E-state index contributed by atoms with van der Waals surface area (Å²) >= 11 is 0. The molecular weight excluding hydrogens is 448 g/mol. The van der Waals surface area contributed by atoms with E-state index in [0.29, 0.717) is 6.61 Å². The molecule has 0 saturated carbocycles. The van der Waals surface area contributed by atoms with Crippen molar-refractivity contribution in [1.29, 1.82) is 0 Å². The molecule has 186 valence electrons. The number of epoxide rings is 1. The van der Waals surface area contributed by atoms with E-state index in [1.807, 2.05) is 12.2 Å². The van der Waals surface area contributed by atoms with Crippen molar-refractivity contribution in [2.45, 2.75) is 44.0 Å². The molecule has 0 N–H and O–H groups in total. The summed E-state index contributed by atoms with van der Waals surface area (Å²) in [6.07, 6.45) is 6.28. The lowest BCUT2D eigenvalue weighted by Crippen LogP contribution is -2.32. The van der Waals surface area contributed by atoms with Crippen LogP contribution in [0.25, 0.3) is 0 Å². The average Bonchev–Trinajstić information content (AvgIpc) is 3.71. The van der Waals surface area contributed by atoms with E-state index < -0.39 is 5.41 Å². The molecule has 2 fully saturated rings. The van der Waals surface area contributed by atoms with Gasteiger partial charge in [-0.1, -0.05) is 66.7 Å². The van der Waals surface area contributed by atoms with E-state index in [1.54, 1.807) is 0 Å². The second-order valence-corrected chi connectivity index (χ2v) is 9.59. The molecule has 3 aromatic carbocycles. The highest BCUT2D eigenvalue weighted by Crippen LogP contribution is 2.42. The van der Waals surface area contributed by atoms with Gasteiger partial charge in [0.25, 0.3) is 0 Å². The van der Waals surface area contributed by atoms with E-state index in [0.717, 1.165) is 55.1 Å². The largest absolute Gasteiger partial charge is 0.490 e. The zero-order valence-electron chi connectivity index (χ0n) is 21.0. The van der Waals surface area contributed by atoms with Crippen LogP contribution in [0.5, 0.6) is 11.5 Å². The van der Waals surface area contributed by atoms with E-state index in [1.165, 1.54) is 16.7 Å². The molecule has 36 heavy (non-hydrogen) atoms. The molecule has 2 aliphatic rings. The van der Waals surface area contributed by atoms with Gasteiger partial charge in [-0.3, -0.25) is 0 Å². The fourth-order valence-corrected chi connectivity index (χ4v) is 4.73. The number of rotatable bonds is 12. The zero-order valence-corrected chi connectivity index (χ0v) is 21.0. The van der Waals surface area contributed by atoms with Crippen molar-refractivity contribution in [1.82, 2.24) is 0 Å². The van der Waals surface area contributed by atoms with Crippen molar-refractivity contribution in [3.05, 3.63) is 120 Å². The van der Waals surface area contributed by atoms with Gasteiger partial charge in [0.15, 0.2) is 0 Å². The minimum absolute atomic E-state index is 0.157. The fraction of sp³-hybridized carbons (Fsp3) is 0.312. The Hall–Kier alpha value is -3.34. The standard InChI is InChI=1S/C32H34O4/c1-4-9-23-19-26(13-15-29(23)35-22-28-21-34-28)32(3,25-11-7-6-8-12-25)27-14-16-30(24(20-27)10-5-2)36-31-17-18-33-31/h4-8,11-16,19-20,28,31H,1-2,9-10,17-18,21-22H2,3H3. The van der Waals surface area contributed by atoms with Crippen molar-refractivity contribution in [3.63, 3.8) is 0 Å². The number of hydrogen-bond donors (Lipinski definition) is 0. The van der Waals surface area contributed by atoms with Gasteiger partial charge < -0.3 is 18.9 Å². The van der Waals surface area contributed by atoms with Gasteiger partial charge >= 0.3 is 0 Å². The fourth-order valence-electron chi connectivity index (χ4n) is 4.73. The van der Waals surface area contributed by atoms with Gasteiger partial charge in [0.1, 0.15) is 24.2 Å². The summed E-state index contributed by atoms with van der Waals surface area (Å²) in [5.41, 5.74) is 5.44. The van der Waals surface area contributed by atoms with Gasteiger partial charge in [0.2, 0.25) is 6.29 Å². The summed E-state index contributed by atoms with van der Waals surface area (Å²) in [6.45, 7) is 12.4. The van der Waals surface area contributed by atoms with Crippen LogP contribution in [0.3, 0.4) is 0 Å². The summed E-state index contributed by atoms with van der Waals surface area (Å²) in [5, 5.41) is 0. The van der Waals surface area contributed by atoms with E-state index in [2.05, 4.69) is 86.8 Å². The number of benzene rings is 3. The molecule has 0 bridgehead atoms. The molecule has 2 aliphatic heterocycles. The first-order valence-corrected chi connectivity index (χ1v) is 12.7. The number of hydrogen-bond acceptors (Lipinski definition) is 4. The molecular formula is C32H34O4. The molecule has 3 unspecified atom stereocenters. The monoisotopic (exact) mass is 482 g/mol. The molecule has 0 spiro atoms. The minimum atomic E-state index is -0.392. The van der Waals surface area contributed by atoms with E-state index in [4.69, 9.17) is 18.9 Å². The molecule has 0 aromatic heterocycles. The number of ether oxygens (including phenoxy) is 4. The molecule has 2 heterocycles. The maximum atomic E-state index is 6.12. The number of allylic oxidation sites excluding steroid dienone is 2. The first-order chi connectivity index (χ1) is 17.6. The molecule has 0 radical (unpaired) electrons. The topological polar surface area (TPSA) is 40.2 Å². The van der Waals surface area contributed by atoms with Gasteiger partial charge in [-0.2, -0.15) is 0 Å². The predicted molar refractivity (Wildman–Crippen MR) is 143 cm³/mol. The predicted octanol–water partition coefficient (Wildman–Crippen LogP) is 6.40. The van der Waals surface area contributed by atoms with Crippen LogP contribution in [0.1, 0.15) is 41.2 Å². The van der Waals surface area contributed by atoms with E-state index in [-0.39, 0.29) is 12.4 Å². The van der Waals surface area contributed by atoms with Gasteiger partial charge in [-0.05, 0) is 59.7 Å². The third kappa shape index (κ3) is 5.11. The second kappa shape index (κ2) is 10.7. The summed E-state index contributed by atoms with van der Waals surface area (Å²) in [5.74, 6) is 1.75. The van der Waals surface area contributed by atoms with Gasteiger partial charge in [0.05, 0.1) is 13.2 Å². The van der Waals surface area contributed by atoms with Gasteiger partial charge in [-0.25, -0.2) is 0 Å². The van der Waals surface area contributed by atoms with Crippen molar-refractivity contribution >= 4 is 0 Å². The smallest absolute Gasteiger partial charge is 0.202 e. The highest BCUT2D eigenvalue weighted by molar-refractivity contribution is 5.55. The summed E-state index contributed by atoms with van der Waals surface area (Å²) in [6, 6.07) is 23.7. The molecule has 0 amide bonds. The van der Waals surface area contributed by atoms with Crippen LogP contribution in [0, 0.1) is 0 Å². The Morgan fingerprint density at radius 3 is 2.03 bits per heavy atom. The van der Waals surface area contributed by atoms with Crippen molar-refractivity contribution < 1.29 is 18.9 Å². The maximum Gasteiger partial charge on any atom is 0.202 e. The van der Waals surface area contributed by atoms with Crippen molar-refractivity contribution in [3.8, 4) is 11.5 Å². The SMILES string of the molecule is C=CCc1cc(C(C)(c2ccccc2)c2ccc(OC3CCO3)c(CC=C)c2)ccc1OCC1CO1. The lowest BCUT2D eigenvalue weighted by atomic mass is 9.70. The average molecular weight is 483 g/mol. The highest BCUT2D eigenvalue weighted by atomic mass is 16.7. The lowest BCUT2D eigenvalue weighted by molar-refractivity contribution is -0.165. The minimum Gasteiger partial charge on any atom is -0.490 e. The third-order valence-corrected chi connectivity index (χ3v) is 7.10. The Morgan fingerprint density at radius 2 is 1.47 bits per heavy atom. The second-order valence-electron chi connectivity index (χ2n) is 9.59. The Balaban J connectivity index is 1.58. The van der Waals surface area contributed by atoms with Crippen molar-refractivity contribution in [2.24, 2.45) is 0 Å². The van der Waals surface area contributed by atoms with E-state index in [9.17, 15) is 0 Å². The summed E-state index contributed by atoms with van der Waals surface area (Å²) < 4.78 is 23.1. The molecule has 2 saturated heterocycles. The molecule has 0 aliphatic carbocycles.